The molecule has 1 amide bonds. The molecule has 1 N–H and O–H groups in total. The molecule has 0 radical (unpaired) electrons. The summed E-state index contributed by atoms with van der Waals surface area (Å²) in [4.78, 5) is 14.8. The Balaban J connectivity index is 1.77. The smallest absolute Gasteiger partial charge is 0.268 e. The van der Waals surface area contributed by atoms with E-state index in [1.165, 1.54) is 0 Å². The molecule has 3 aromatic rings. The van der Waals surface area contributed by atoms with E-state index < -0.39 is 5.60 Å². The van der Waals surface area contributed by atoms with Crippen LogP contribution in [0.4, 0.5) is 5.69 Å². The topological polar surface area (TPSA) is 64.3 Å². The molecule has 26 heavy (non-hydrogen) atoms. The van der Waals surface area contributed by atoms with Gasteiger partial charge in [0.05, 0.1) is 23.9 Å². The lowest BCUT2D eigenvalue weighted by atomic mass is 9.88. The maximum absolute atomic E-state index is 13.2. The molecule has 0 fully saturated rings. The fourth-order valence-corrected chi connectivity index (χ4v) is 3.42. The maximum Gasteiger partial charge on any atom is 0.268 e. The van der Waals surface area contributed by atoms with Crippen LogP contribution in [-0.2, 0) is 16.9 Å². The maximum atomic E-state index is 13.2. The quantitative estimate of drug-likeness (QED) is 0.795. The first-order chi connectivity index (χ1) is 12.6. The van der Waals surface area contributed by atoms with Crippen molar-refractivity contribution in [2.75, 3.05) is 4.90 Å². The van der Waals surface area contributed by atoms with Crippen molar-refractivity contribution in [1.29, 1.82) is 5.26 Å². The second-order valence-electron chi connectivity index (χ2n) is 6.29. The minimum Gasteiger partial charge on any atom is -0.372 e. The molecule has 0 aromatic heterocycles. The Kier molecular flexibility index (Phi) is 3.80. The number of carbonyl (C=O) groups is 1. The van der Waals surface area contributed by atoms with Crippen LogP contribution in [0.15, 0.2) is 78.9 Å². The summed E-state index contributed by atoms with van der Waals surface area (Å²) in [6, 6.07) is 25.5. The summed E-state index contributed by atoms with van der Waals surface area (Å²) in [5.41, 5.74) is 1.62. The van der Waals surface area contributed by atoms with E-state index >= 15 is 0 Å². The Morgan fingerprint density at radius 2 is 1.58 bits per heavy atom. The highest BCUT2D eigenvalue weighted by atomic mass is 16.3. The van der Waals surface area contributed by atoms with Crippen LogP contribution in [0.5, 0.6) is 0 Å². The average molecular weight is 340 g/mol. The summed E-state index contributed by atoms with van der Waals surface area (Å²) >= 11 is 0. The lowest BCUT2D eigenvalue weighted by molar-refractivity contribution is -0.132. The molecule has 1 aliphatic heterocycles. The summed E-state index contributed by atoms with van der Waals surface area (Å²) in [6.07, 6.45) is 0. The third-order valence-electron chi connectivity index (χ3n) is 4.75. The van der Waals surface area contributed by atoms with Crippen LogP contribution in [0.1, 0.15) is 22.3 Å². The van der Waals surface area contributed by atoms with Crippen LogP contribution >= 0.6 is 0 Å². The SMILES string of the molecule is N#Cc1ccc(CN2C(=O)[C@](O)(c3ccccc3)c3ccccc32)cc1. The van der Waals surface area contributed by atoms with Crippen molar-refractivity contribution < 1.29 is 9.90 Å². The Labute approximate surface area is 151 Å². The summed E-state index contributed by atoms with van der Waals surface area (Å²) in [5, 5.41) is 20.3. The fourth-order valence-electron chi connectivity index (χ4n) is 3.42. The molecule has 126 valence electrons. The van der Waals surface area contributed by atoms with E-state index in [-0.39, 0.29) is 5.91 Å². The highest BCUT2D eigenvalue weighted by Gasteiger charge is 2.50. The predicted molar refractivity (Wildman–Crippen MR) is 98.2 cm³/mol. The normalized spacial score (nSPS) is 18.5. The van der Waals surface area contributed by atoms with Gasteiger partial charge in [-0.2, -0.15) is 5.26 Å². The number of benzene rings is 3. The van der Waals surface area contributed by atoms with Crippen molar-refractivity contribution in [3.63, 3.8) is 0 Å². The summed E-state index contributed by atoms with van der Waals surface area (Å²) in [7, 11) is 0. The van der Waals surface area contributed by atoms with Gasteiger partial charge in [0.2, 0.25) is 0 Å². The predicted octanol–water partition coefficient (Wildman–Crippen LogP) is 3.34. The number of nitriles is 1. The van der Waals surface area contributed by atoms with Crippen LogP contribution in [0.3, 0.4) is 0 Å². The number of hydrogen-bond acceptors (Lipinski definition) is 3. The van der Waals surface area contributed by atoms with Gasteiger partial charge in [-0.25, -0.2) is 0 Å². The standard InChI is InChI=1S/C22H16N2O2/c23-14-16-10-12-17(13-11-16)15-24-20-9-5-4-8-19(20)22(26,21(24)25)18-6-2-1-3-7-18/h1-13,26H,15H2/t22-/m0/s1. The molecule has 0 aliphatic carbocycles. The van der Waals surface area contributed by atoms with Gasteiger partial charge in [0.1, 0.15) is 0 Å². The van der Waals surface area contributed by atoms with E-state index in [9.17, 15) is 9.90 Å². The van der Waals surface area contributed by atoms with Gasteiger partial charge in [0, 0.05) is 5.56 Å². The van der Waals surface area contributed by atoms with Crippen LogP contribution in [0.2, 0.25) is 0 Å². The van der Waals surface area contributed by atoms with Crippen molar-refractivity contribution in [2.24, 2.45) is 0 Å². The van der Waals surface area contributed by atoms with Crippen molar-refractivity contribution >= 4 is 11.6 Å². The first-order valence-electron chi connectivity index (χ1n) is 8.33. The second kappa shape index (κ2) is 6.14. The fraction of sp³-hybridized carbons (Fsp3) is 0.0909. The molecule has 1 atom stereocenters. The zero-order chi connectivity index (χ0) is 18.1. The first kappa shape index (κ1) is 16.1. The van der Waals surface area contributed by atoms with Crippen molar-refractivity contribution in [3.05, 3.63) is 101 Å². The Bertz CT molecular complexity index is 1010. The monoisotopic (exact) mass is 340 g/mol. The molecule has 0 unspecified atom stereocenters. The zero-order valence-electron chi connectivity index (χ0n) is 14.0. The second-order valence-corrected chi connectivity index (χ2v) is 6.29. The van der Waals surface area contributed by atoms with Gasteiger partial charge in [-0.05, 0) is 29.3 Å². The lowest BCUT2D eigenvalue weighted by Gasteiger charge is -2.23. The summed E-state index contributed by atoms with van der Waals surface area (Å²) in [5.74, 6) is -0.366. The lowest BCUT2D eigenvalue weighted by Crippen LogP contribution is -2.40. The Hall–Kier alpha value is -3.42. The highest BCUT2D eigenvalue weighted by Crippen LogP contribution is 2.44. The number of carbonyl (C=O) groups excluding carboxylic acids is 1. The van der Waals surface area contributed by atoms with E-state index in [4.69, 9.17) is 5.26 Å². The number of fused-ring (bicyclic) bond motifs is 1. The molecule has 0 saturated carbocycles. The van der Waals surface area contributed by atoms with Crippen molar-refractivity contribution in [2.45, 2.75) is 12.1 Å². The number of aliphatic hydroxyl groups is 1. The minimum atomic E-state index is -1.69. The molecule has 1 aliphatic rings. The molecular formula is C22H16N2O2. The number of anilines is 1. The van der Waals surface area contributed by atoms with Crippen LogP contribution in [-0.4, -0.2) is 11.0 Å². The largest absolute Gasteiger partial charge is 0.372 e. The molecule has 3 aromatic carbocycles. The molecular weight excluding hydrogens is 324 g/mol. The van der Waals surface area contributed by atoms with E-state index in [1.807, 2.05) is 48.5 Å². The van der Waals surface area contributed by atoms with E-state index in [0.717, 1.165) is 5.56 Å². The summed E-state index contributed by atoms with van der Waals surface area (Å²) < 4.78 is 0. The van der Waals surface area contributed by atoms with E-state index in [0.29, 0.717) is 28.9 Å². The number of rotatable bonds is 3. The molecule has 4 heteroatoms. The number of para-hydroxylation sites is 1. The number of amides is 1. The van der Waals surface area contributed by atoms with E-state index in [1.54, 1.807) is 35.2 Å². The van der Waals surface area contributed by atoms with Crippen LogP contribution in [0, 0.1) is 11.3 Å². The third-order valence-corrected chi connectivity index (χ3v) is 4.75. The van der Waals surface area contributed by atoms with Crippen LogP contribution in [0.25, 0.3) is 0 Å². The van der Waals surface area contributed by atoms with Gasteiger partial charge in [0.25, 0.3) is 5.91 Å². The van der Waals surface area contributed by atoms with Crippen LogP contribution < -0.4 is 4.90 Å². The third kappa shape index (κ3) is 2.38. The van der Waals surface area contributed by atoms with Gasteiger partial charge >= 0.3 is 0 Å². The van der Waals surface area contributed by atoms with E-state index in [2.05, 4.69) is 6.07 Å². The Morgan fingerprint density at radius 3 is 2.27 bits per heavy atom. The molecule has 0 spiro atoms. The van der Waals surface area contributed by atoms with Gasteiger partial charge in [-0.3, -0.25) is 4.79 Å². The van der Waals surface area contributed by atoms with Crippen molar-refractivity contribution in [1.82, 2.24) is 0 Å². The minimum absolute atomic E-state index is 0.330. The molecule has 4 nitrogen and oxygen atoms in total. The molecule has 0 saturated heterocycles. The molecule has 1 heterocycles. The number of hydrogen-bond donors (Lipinski definition) is 1. The Morgan fingerprint density at radius 1 is 0.923 bits per heavy atom. The van der Waals surface area contributed by atoms with Gasteiger partial charge in [0.15, 0.2) is 5.60 Å². The highest BCUT2D eigenvalue weighted by molar-refractivity contribution is 6.09. The summed E-state index contributed by atoms with van der Waals surface area (Å²) in [6.45, 7) is 0.330. The van der Waals surface area contributed by atoms with Gasteiger partial charge in [-0.1, -0.05) is 60.7 Å². The van der Waals surface area contributed by atoms with Crippen molar-refractivity contribution in [3.8, 4) is 6.07 Å². The zero-order valence-corrected chi connectivity index (χ0v) is 14.0. The molecule has 0 bridgehead atoms. The number of nitrogens with zero attached hydrogens (tertiary/aromatic N) is 2. The average Bonchev–Trinajstić information content (AvgIpc) is 2.92. The van der Waals surface area contributed by atoms with Gasteiger partial charge in [-0.15, -0.1) is 0 Å². The first-order valence-corrected chi connectivity index (χ1v) is 8.33. The molecule has 4 rings (SSSR count). The van der Waals surface area contributed by atoms with Gasteiger partial charge < -0.3 is 10.0 Å².